The molecule has 2 heterocycles. The zero-order valence-corrected chi connectivity index (χ0v) is 13.3. The van der Waals surface area contributed by atoms with Crippen LogP contribution in [0.3, 0.4) is 0 Å². The van der Waals surface area contributed by atoms with Crippen LogP contribution >= 0.6 is 0 Å². The highest BCUT2D eigenvalue weighted by atomic mass is 16.5. The van der Waals surface area contributed by atoms with Crippen LogP contribution in [0.4, 0.5) is 0 Å². The highest BCUT2D eigenvalue weighted by Gasteiger charge is 2.59. The molecule has 0 spiro atoms. The fourth-order valence-corrected chi connectivity index (χ4v) is 3.65. The third-order valence-corrected chi connectivity index (χ3v) is 5.38. The van der Waals surface area contributed by atoms with Crippen molar-refractivity contribution in [2.75, 3.05) is 19.8 Å². The maximum atomic E-state index is 12.9. The fraction of sp³-hybridized carbons (Fsp3) is 0.875. The molecule has 0 bridgehead atoms. The van der Waals surface area contributed by atoms with Gasteiger partial charge >= 0.3 is 0 Å². The van der Waals surface area contributed by atoms with E-state index in [-0.39, 0.29) is 11.8 Å². The smallest absolute Gasteiger partial charge is 0.248 e. The number of amides is 2. The van der Waals surface area contributed by atoms with E-state index in [2.05, 4.69) is 5.32 Å². The van der Waals surface area contributed by atoms with Crippen LogP contribution in [0.2, 0.25) is 0 Å². The van der Waals surface area contributed by atoms with E-state index < -0.39 is 11.1 Å². The molecule has 2 saturated heterocycles. The molecule has 0 radical (unpaired) electrons. The molecule has 1 saturated carbocycles. The van der Waals surface area contributed by atoms with Gasteiger partial charge in [0.1, 0.15) is 11.1 Å². The lowest BCUT2D eigenvalue weighted by Crippen LogP contribution is -2.74. The van der Waals surface area contributed by atoms with Crippen LogP contribution in [-0.4, -0.2) is 47.6 Å². The summed E-state index contributed by atoms with van der Waals surface area (Å²) in [6.45, 7) is 7.77. The first kappa shape index (κ1) is 14.8. The lowest BCUT2D eigenvalue weighted by atomic mass is 9.83. The predicted molar refractivity (Wildman–Crippen MR) is 78.6 cm³/mol. The van der Waals surface area contributed by atoms with Gasteiger partial charge in [-0.2, -0.15) is 0 Å². The Labute approximate surface area is 126 Å². The Morgan fingerprint density at radius 3 is 2.33 bits per heavy atom. The second-order valence-corrected chi connectivity index (χ2v) is 7.47. The highest BCUT2D eigenvalue weighted by Crippen LogP contribution is 2.46. The number of carbonyl (C=O) groups is 2. The van der Waals surface area contributed by atoms with E-state index in [1.54, 1.807) is 13.8 Å². The Bertz CT molecular complexity index is 452. The van der Waals surface area contributed by atoms with E-state index >= 15 is 0 Å². The lowest BCUT2D eigenvalue weighted by molar-refractivity contribution is -0.163. The molecule has 5 heteroatoms. The normalized spacial score (nSPS) is 34.0. The SMILES string of the molecule is CC1(C)NC(=O)C(C)(C2CC2)N(CC2CCOCC2)C1=O. The van der Waals surface area contributed by atoms with Crippen molar-refractivity contribution in [1.29, 1.82) is 0 Å². The van der Waals surface area contributed by atoms with Gasteiger partial charge in [0.25, 0.3) is 0 Å². The number of hydrogen-bond donors (Lipinski definition) is 1. The summed E-state index contributed by atoms with van der Waals surface area (Å²) in [5, 5.41) is 2.93. The zero-order chi connectivity index (χ0) is 15.3. The van der Waals surface area contributed by atoms with Crippen molar-refractivity contribution in [2.45, 2.75) is 57.5 Å². The number of piperazine rings is 1. The topological polar surface area (TPSA) is 58.6 Å². The van der Waals surface area contributed by atoms with E-state index in [9.17, 15) is 9.59 Å². The van der Waals surface area contributed by atoms with Gasteiger partial charge in [0.2, 0.25) is 11.8 Å². The Kier molecular flexibility index (Phi) is 3.51. The van der Waals surface area contributed by atoms with Crippen molar-refractivity contribution in [3.8, 4) is 0 Å². The van der Waals surface area contributed by atoms with Gasteiger partial charge in [-0.3, -0.25) is 9.59 Å². The monoisotopic (exact) mass is 294 g/mol. The molecule has 0 aromatic heterocycles. The molecule has 2 amide bonds. The summed E-state index contributed by atoms with van der Waals surface area (Å²) in [5.74, 6) is 0.838. The molecule has 21 heavy (non-hydrogen) atoms. The van der Waals surface area contributed by atoms with Gasteiger partial charge in [-0.15, -0.1) is 0 Å². The molecule has 5 nitrogen and oxygen atoms in total. The highest BCUT2D eigenvalue weighted by molar-refractivity contribution is 6.02. The number of nitrogens with zero attached hydrogens (tertiary/aromatic N) is 1. The zero-order valence-electron chi connectivity index (χ0n) is 13.3. The maximum Gasteiger partial charge on any atom is 0.248 e. The van der Waals surface area contributed by atoms with E-state index in [0.29, 0.717) is 18.4 Å². The van der Waals surface area contributed by atoms with Crippen molar-refractivity contribution >= 4 is 11.8 Å². The lowest BCUT2D eigenvalue weighted by Gasteiger charge is -2.50. The fourth-order valence-electron chi connectivity index (χ4n) is 3.65. The summed E-state index contributed by atoms with van der Waals surface area (Å²) in [4.78, 5) is 27.5. The minimum atomic E-state index is -0.795. The Morgan fingerprint density at radius 1 is 1.14 bits per heavy atom. The van der Waals surface area contributed by atoms with Gasteiger partial charge in [0.15, 0.2) is 0 Å². The molecular weight excluding hydrogens is 268 g/mol. The molecular formula is C16H26N2O3. The number of ether oxygens (including phenoxy) is 1. The first-order valence-electron chi connectivity index (χ1n) is 8.08. The van der Waals surface area contributed by atoms with Crippen molar-refractivity contribution in [1.82, 2.24) is 10.2 Å². The number of carbonyl (C=O) groups excluding carboxylic acids is 2. The molecule has 0 aromatic carbocycles. The van der Waals surface area contributed by atoms with Gasteiger partial charge in [-0.05, 0) is 58.3 Å². The first-order chi connectivity index (χ1) is 9.85. The van der Waals surface area contributed by atoms with Crippen molar-refractivity contribution in [3.05, 3.63) is 0 Å². The molecule has 1 unspecified atom stereocenters. The molecule has 2 aliphatic heterocycles. The second-order valence-electron chi connectivity index (χ2n) is 7.47. The average Bonchev–Trinajstić information content (AvgIpc) is 3.27. The first-order valence-corrected chi connectivity index (χ1v) is 8.08. The van der Waals surface area contributed by atoms with Gasteiger partial charge in [0, 0.05) is 19.8 Å². The summed E-state index contributed by atoms with van der Waals surface area (Å²) >= 11 is 0. The molecule has 1 aliphatic carbocycles. The van der Waals surface area contributed by atoms with E-state index in [4.69, 9.17) is 4.74 Å². The van der Waals surface area contributed by atoms with Crippen LogP contribution in [0.25, 0.3) is 0 Å². The third kappa shape index (κ3) is 2.45. The molecule has 3 fully saturated rings. The molecule has 1 atom stereocenters. The standard InChI is InChI=1S/C16H26N2O3/c1-15(2)14(20)18(10-11-6-8-21-9-7-11)16(3,12-4-5-12)13(19)17-15/h11-12H,4-10H2,1-3H3,(H,17,19). The molecule has 3 aliphatic rings. The van der Waals surface area contributed by atoms with Crippen molar-refractivity contribution in [2.24, 2.45) is 11.8 Å². The van der Waals surface area contributed by atoms with E-state index in [1.165, 1.54) is 0 Å². The van der Waals surface area contributed by atoms with Crippen molar-refractivity contribution < 1.29 is 14.3 Å². The maximum absolute atomic E-state index is 12.9. The van der Waals surface area contributed by atoms with Crippen LogP contribution in [0.15, 0.2) is 0 Å². The van der Waals surface area contributed by atoms with Gasteiger partial charge in [0.05, 0.1) is 0 Å². The quantitative estimate of drug-likeness (QED) is 0.854. The number of nitrogens with one attached hydrogen (secondary N) is 1. The third-order valence-electron chi connectivity index (χ3n) is 5.38. The molecule has 3 rings (SSSR count). The van der Waals surface area contributed by atoms with E-state index in [1.807, 2.05) is 11.8 Å². The summed E-state index contributed by atoms with van der Waals surface area (Å²) < 4.78 is 5.41. The van der Waals surface area contributed by atoms with Gasteiger partial charge in [-0.1, -0.05) is 0 Å². The molecule has 0 aromatic rings. The van der Waals surface area contributed by atoms with Crippen LogP contribution in [0.5, 0.6) is 0 Å². The second kappa shape index (κ2) is 4.97. The Balaban J connectivity index is 1.86. The minimum absolute atomic E-state index is 0.0154. The van der Waals surface area contributed by atoms with Crippen LogP contribution in [0.1, 0.15) is 46.5 Å². The van der Waals surface area contributed by atoms with E-state index in [0.717, 1.165) is 38.9 Å². The molecule has 1 N–H and O–H groups in total. The predicted octanol–water partition coefficient (Wildman–Crippen LogP) is 1.32. The average molecular weight is 294 g/mol. The summed E-state index contributed by atoms with van der Waals surface area (Å²) in [6.07, 6.45) is 4.04. The largest absolute Gasteiger partial charge is 0.381 e. The minimum Gasteiger partial charge on any atom is -0.381 e. The van der Waals surface area contributed by atoms with Crippen LogP contribution in [0, 0.1) is 11.8 Å². The van der Waals surface area contributed by atoms with Crippen LogP contribution < -0.4 is 5.32 Å². The van der Waals surface area contributed by atoms with Crippen molar-refractivity contribution in [3.63, 3.8) is 0 Å². The summed E-state index contributed by atoms with van der Waals surface area (Å²) in [6, 6.07) is 0. The van der Waals surface area contributed by atoms with Gasteiger partial charge < -0.3 is 15.0 Å². The van der Waals surface area contributed by atoms with Crippen LogP contribution in [-0.2, 0) is 14.3 Å². The Morgan fingerprint density at radius 2 is 1.76 bits per heavy atom. The van der Waals surface area contributed by atoms with Gasteiger partial charge in [-0.25, -0.2) is 0 Å². The Hall–Kier alpha value is -1.10. The molecule has 118 valence electrons. The number of rotatable bonds is 3. The summed E-state index contributed by atoms with van der Waals surface area (Å²) in [5.41, 5.74) is -1.46. The number of hydrogen-bond acceptors (Lipinski definition) is 3. The summed E-state index contributed by atoms with van der Waals surface area (Å²) in [7, 11) is 0.